The van der Waals surface area contributed by atoms with Crippen molar-refractivity contribution in [3.63, 3.8) is 0 Å². The molecule has 0 radical (unpaired) electrons. The zero-order valence-electron chi connectivity index (χ0n) is 16.7. The smallest absolute Gasteiger partial charge is 0.316 e. The van der Waals surface area contributed by atoms with Crippen molar-refractivity contribution in [3.8, 4) is 17.1 Å². The Balaban J connectivity index is 1.74. The van der Waals surface area contributed by atoms with Crippen molar-refractivity contribution >= 4 is 8.32 Å². The molecule has 2 heterocycles. The molecular formula is C20H28FN3O2Si. The van der Waals surface area contributed by atoms with E-state index in [9.17, 15) is 0 Å². The molecule has 146 valence electrons. The summed E-state index contributed by atoms with van der Waals surface area (Å²) in [5.74, 6) is -0.281. The molecule has 27 heavy (non-hydrogen) atoms. The van der Waals surface area contributed by atoms with Gasteiger partial charge < -0.3 is 14.5 Å². The first-order valence-corrected chi connectivity index (χ1v) is 12.2. The second-order valence-corrected chi connectivity index (χ2v) is 13.3. The summed E-state index contributed by atoms with van der Waals surface area (Å²) in [6, 6.07) is 5.67. The minimum atomic E-state index is -1.94. The van der Waals surface area contributed by atoms with Crippen LogP contribution in [0.2, 0.25) is 18.1 Å². The summed E-state index contributed by atoms with van der Waals surface area (Å²) in [6.07, 6.45) is 3.32. The van der Waals surface area contributed by atoms with Crippen molar-refractivity contribution in [2.75, 3.05) is 13.1 Å². The summed E-state index contributed by atoms with van der Waals surface area (Å²) in [7, 11) is -1.94. The highest BCUT2D eigenvalue weighted by molar-refractivity contribution is 6.74. The van der Waals surface area contributed by atoms with Crippen LogP contribution in [0.15, 0.2) is 30.6 Å². The SMILES string of the molecule is CC(C)(C)[Si](C)(C)OCc1cccc(-c2cnc(OC3CNC3)nc2)c1F. The molecule has 1 fully saturated rings. The Kier molecular flexibility index (Phi) is 5.65. The van der Waals surface area contributed by atoms with E-state index in [0.717, 1.165) is 13.1 Å². The highest BCUT2D eigenvalue weighted by Crippen LogP contribution is 2.37. The summed E-state index contributed by atoms with van der Waals surface area (Å²) in [5.41, 5.74) is 1.65. The van der Waals surface area contributed by atoms with Crippen molar-refractivity contribution in [2.24, 2.45) is 0 Å². The Morgan fingerprint density at radius 1 is 1.19 bits per heavy atom. The Bertz CT molecular complexity index is 787. The van der Waals surface area contributed by atoms with E-state index in [2.05, 4.69) is 49.1 Å². The van der Waals surface area contributed by atoms with Gasteiger partial charge in [0, 0.05) is 42.2 Å². The van der Waals surface area contributed by atoms with E-state index in [4.69, 9.17) is 9.16 Å². The van der Waals surface area contributed by atoms with Gasteiger partial charge in [-0.25, -0.2) is 14.4 Å². The normalized spacial score (nSPS) is 15.5. The van der Waals surface area contributed by atoms with E-state index in [1.807, 2.05) is 6.07 Å². The second kappa shape index (κ2) is 7.65. The molecule has 1 N–H and O–H groups in total. The van der Waals surface area contributed by atoms with Crippen LogP contribution in [0.25, 0.3) is 11.1 Å². The summed E-state index contributed by atoms with van der Waals surface area (Å²) in [6.45, 7) is 12.7. The Hall–Kier alpha value is -1.83. The zero-order chi connectivity index (χ0) is 19.7. The minimum absolute atomic E-state index is 0.0840. The standard InChI is InChI=1S/C20H28FN3O2Si/c1-20(2,3)27(4,5)25-13-14-7-6-8-17(18(14)21)15-9-23-19(24-10-15)26-16-11-22-12-16/h6-10,16,22H,11-13H2,1-5H3. The lowest BCUT2D eigenvalue weighted by molar-refractivity contribution is 0.129. The van der Waals surface area contributed by atoms with Crippen LogP contribution < -0.4 is 10.1 Å². The van der Waals surface area contributed by atoms with Gasteiger partial charge >= 0.3 is 6.01 Å². The predicted octanol–water partition coefficient (Wildman–Crippen LogP) is 4.16. The molecule has 1 saturated heterocycles. The number of hydrogen-bond acceptors (Lipinski definition) is 5. The average Bonchev–Trinajstić information content (AvgIpc) is 2.57. The molecule has 7 heteroatoms. The molecule has 1 aliphatic heterocycles. The lowest BCUT2D eigenvalue weighted by atomic mass is 10.1. The van der Waals surface area contributed by atoms with Gasteiger partial charge in [-0.3, -0.25) is 0 Å². The maximum absolute atomic E-state index is 15.0. The Labute approximate surface area is 161 Å². The van der Waals surface area contributed by atoms with E-state index in [0.29, 0.717) is 22.7 Å². The zero-order valence-corrected chi connectivity index (χ0v) is 17.7. The first kappa shape index (κ1) is 19.9. The van der Waals surface area contributed by atoms with Crippen molar-refractivity contribution < 1.29 is 13.6 Å². The monoisotopic (exact) mass is 389 g/mol. The van der Waals surface area contributed by atoms with Crippen LogP contribution in [0.1, 0.15) is 26.3 Å². The molecule has 1 aromatic carbocycles. The molecule has 0 aliphatic carbocycles. The maximum Gasteiger partial charge on any atom is 0.316 e. The van der Waals surface area contributed by atoms with Crippen molar-refractivity contribution in [2.45, 2.75) is 51.6 Å². The fraction of sp³-hybridized carbons (Fsp3) is 0.500. The molecule has 0 amide bonds. The summed E-state index contributed by atoms with van der Waals surface area (Å²) in [4.78, 5) is 8.43. The maximum atomic E-state index is 15.0. The topological polar surface area (TPSA) is 56.3 Å². The van der Waals surface area contributed by atoms with E-state index >= 15 is 4.39 Å². The number of benzene rings is 1. The van der Waals surface area contributed by atoms with Crippen LogP contribution >= 0.6 is 0 Å². The third-order valence-corrected chi connectivity index (χ3v) is 9.91. The first-order valence-electron chi connectivity index (χ1n) is 9.28. The lowest BCUT2D eigenvalue weighted by Crippen LogP contribution is -2.50. The van der Waals surface area contributed by atoms with Crippen LogP contribution in [0, 0.1) is 5.82 Å². The van der Waals surface area contributed by atoms with Crippen molar-refractivity contribution in [3.05, 3.63) is 42.0 Å². The second-order valence-electron chi connectivity index (χ2n) is 8.48. The molecule has 0 atom stereocenters. The number of aromatic nitrogens is 2. The van der Waals surface area contributed by atoms with Crippen LogP contribution in [-0.4, -0.2) is 37.5 Å². The summed E-state index contributed by atoms with van der Waals surface area (Å²) < 4.78 is 26.8. The summed E-state index contributed by atoms with van der Waals surface area (Å²) in [5, 5.41) is 3.21. The van der Waals surface area contributed by atoms with E-state index in [-0.39, 0.29) is 23.6 Å². The first-order chi connectivity index (χ1) is 12.7. The van der Waals surface area contributed by atoms with Gasteiger partial charge in [-0.05, 0) is 18.1 Å². The van der Waals surface area contributed by atoms with Crippen LogP contribution in [0.5, 0.6) is 6.01 Å². The molecule has 0 spiro atoms. The van der Waals surface area contributed by atoms with Gasteiger partial charge in [-0.15, -0.1) is 0 Å². The number of ether oxygens (including phenoxy) is 1. The molecular weight excluding hydrogens is 361 g/mol. The fourth-order valence-corrected chi connectivity index (χ4v) is 3.35. The van der Waals surface area contributed by atoms with Gasteiger partial charge in [0.15, 0.2) is 8.32 Å². The highest BCUT2D eigenvalue weighted by Gasteiger charge is 2.37. The van der Waals surface area contributed by atoms with Gasteiger partial charge in [0.2, 0.25) is 0 Å². The predicted molar refractivity (Wildman–Crippen MR) is 107 cm³/mol. The van der Waals surface area contributed by atoms with Crippen molar-refractivity contribution in [1.82, 2.24) is 15.3 Å². The number of hydrogen-bond donors (Lipinski definition) is 1. The van der Waals surface area contributed by atoms with Gasteiger partial charge in [-0.1, -0.05) is 39.0 Å². The fourth-order valence-electron chi connectivity index (χ4n) is 2.40. The van der Waals surface area contributed by atoms with E-state index in [1.165, 1.54) is 0 Å². The molecule has 3 rings (SSSR count). The third kappa shape index (κ3) is 4.54. The minimum Gasteiger partial charge on any atom is -0.457 e. The molecule has 0 saturated carbocycles. The Morgan fingerprint density at radius 3 is 2.41 bits per heavy atom. The molecule has 2 aromatic rings. The molecule has 0 unspecified atom stereocenters. The lowest BCUT2D eigenvalue weighted by Gasteiger charge is -2.36. The molecule has 1 aromatic heterocycles. The molecule has 0 bridgehead atoms. The third-order valence-electron chi connectivity index (χ3n) is 5.43. The number of halogens is 1. The van der Waals surface area contributed by atoms with Crippen LogP contribution in [0.3, 0.4) is 0 Å². The molecule has 5 nitrogen and oxygen atoms in total. The van der Waals surface area contributed by atoms with Gasteiger partial charge in [0.1, 0.15) is 11.9 Å². The number of nitrogens with zero attached hydrogens (tertiary/aromatic N) is 2. The molecule has 1 aliphatic rings. The van der Waals surface area contributed by atoms with Crippen molar-refractivity contribution in [1.29, 1.82) is 0 Å². The summed E-state index contributed by atoms with van der Waals surface area (Å²) >= 11 is 0. The van der Waals surface area contributed by atoms with Gasteiger partial charge in [0.25, 0.3) is 0 Å². The Morgan fingerprint density at radius 2 is 1.85 bits per heavy atom. The average molecular weight is 390 g/mol. The van der Waals surface area contributed by atoms with Gasteiger partial charge in [-0.2, -0.15) is 0 Å². The van der Waals surface area contributed by atoms with Crippen LogP contribution in [-0.2, 0) is 11.0 Å². The van der Waals surface area contributed by atoms with Crippen LogP contribution in [0.4, 0.5) is 4.39 Å². The number of rotatable bonds is 6. The highest BCUT2D eigenvalue weighted by atomic mass is 28.4. The largest absolute Gasteiger partial charge is 0.457 e. The quantitative estimate of drug-likeness (QED) is 0.752. The van der Waals surface area contributed by atoms with E-state index < -0.39 is 8.32 Å². The number of nitrogens with one attached hydrogen (secondary N) is 1. The van der Waals surface area contributed by atoms with Gasteiger partial charge in [0.05, 0.1) is 6.61 Å². The van der Waals surface area contributed by atoms with E-state index in [1.54, 1.807) is 24.5 Å².